The van der Waals surface area contributed by atoms with E-state index < -0.39 is 0 Å². The van der Waals surface area contributed by atoms with E-state index in [0.717, 1.165) is 0 Å². The SMILES string of the molecule is C=CCOc1ccc(C(=O)Nc2c(C(=O)c3ccc(OCC)cc3)oc3ccccc23)cc1. The second-order valence-electron chi connectivity index (χ2n) is 7.17. The van der Waals surface area contributed by atoms with Crippen molar-refractivity contribution in [3.8, 4) is 11.5 Å². The van der Waals surface area contributed by atoms with Crippen molar-refractivity contribution in [3.05, 3.63) is 102 Å². The van der Waals surface area contributed by atoms with Crippen molar-refractivity contribution in [3.63, 3.8) is 0 Å². The molecule has 0 bridgehead atoms. The Morgan fingerprint density at radius 2 is 1.55 bits per heavy atom. The lowest BCUT2D eigenvalue weighted by atomic mass is 10.1. The van der Waals surface area contributed by atoms with Crippen LogP contribution < -0.4 is 14.8 Å². The molecule has 0 aliphatic heterocycles. The van der Waals surface area contributed by atoms with Gasteiger partial charge in [0.15, 0.2) is 5.76 Å². The average Bonchev–Trinajstić information content (AvgIpc) is 3.21. The Bertz CT molecular complexity index is 1290. The van der Waals surface area contributed by atoms with Crippen LogP contribution in [-0.4, -0.2) is 24.9 Å². The van der Waals surface area contributed by atoms with Crippen LogP contribution in [-0.2, 0) is 0 Å². The van der Waals surface area contributed by atoms with Gasteiger partial charge in [0, 0.05) is 16.5 Å². The zero-order valence-corrected chi connectivity index (χ0v) is 18.2. The minimum absolute atomic E-state index is 0.0691. The number of furan rings is 1. The van der Waals surface area contributed by atoms with E-state index in [-0.39, 0.29) is 17.5 Å². The largest absolute Gasteiger partial charge is 0.494 e. The van der Waals surface area contributed by atoms with Crippen molar-refractivity contribution >= 4 is 28.3 Å². The van der Waals surface area contributed by atoms with E-state index in [1.54, 1.807) is 66.7 Å². The van der Waals surface area contributed by atoms with Crippen LogP contribution in [0, 0.1) is 0 Å². The topological polar surface area (TPSA) is 77.8 Å². The zero-order chi connectivity index (χ0) is 23.2. The minimum Gasteiger partial charge on any atom is -0.494 e. The number of ketones is 1. The number of amides is 1. The van der Waals surface area contributed by atoms with Gasteiger partial charge in [-0.15, -0.1) is 0 Å². The average molecular weight is 441 g/mol. The monoisotopic (exact) mass is 441 g/mol. The van der Waals surface area contributed by atoms with Crippen LogP contribution in [0.5, 0.6) is 11.5 Å². The molecule has 1 amide bonds. The highest BCUT2D eigenvalue weighted by atomic mass is 16.5. The molecule has 0 atom stereocenters. The molecule has 6 heteroatoms. The quantitative estimate of drug-likeness (QED) is 0.259. The number of fused-ring (bicyclic) bond motifs is 1. The van der Waals surface area contributed by atoms with E-state index in [1.165, 1.54) is 0 Å². The van der Waals surface area contributed by atoms with Crippen LogP contribution in [0.1, 0.15) is 33.4 Å². The Labute approximate surface area is 191 Å². The number of nitrogens with one attached hydrogen (secondary N) is 1. The van der Waals surface area contributed by atoms with Crippen molar-refractivity contribution < 1.29 is 23.5 Å². The Morgan fingerprint density at radius 1 is 0.909 bits per heavy atom. The van der Waals surface area contributed by atoms with Gasteiger partial charge in [0.25, 0.3) is 5.91 Å². The third-order valence-electron chi connectivity index (χ3n) is 4.95. The molecule has 0 spiro atoms. The van der Waals surface area contributed by atoms with Gasteiger partial charge in [-0.3, -0.25) is 9.59 Å². The maximum atomic E-state index is 13.3. The summed E-state index contributed by atoms with van der Waals surface area (Å²) in [5.74, 6) is 0.675. The first kappa shape index (κ1) is 21.9. The number of carbonyl (C=O) groups excluding carboxylic acids is 2. The Morgan fingerprint density at radius 3 is 2.21 bits per heavy atom. The zero-order valence-electron chi connectivity index (χ0n) is 18.2. The molecule has 0 saturated carbocycles. The smallest absolute Gasteiger partial charge is 0.255 e. The molecular weight excluding hydrogens is 418 g/mol. The number of ether oxygens (including phenoxy) is 2. The molecule has 0 radical (unpaired) electrons. The number of benzene rings is 3. The fourth-order valence-corrected chi connectivity index (χ4v) is 3.37. The van der Waals surface area contributed by atoms with E-state index in [4.69, 9.17) is 13.9 Å². The summed E-state index contributed by atoms with van der Waals surface area (Å²) in [6.45, 7) is 6.42. The summed E-state index contributed by atoms with van der Waals surface area (Å²) >= 11 is 0. The molecule has 0 aliphatic rings. The summed E-state index contributed by atoms with van der Waals surface area (Å²) < 4.78 is 16.8. The van der Waals surface area contributed by atoms with Crippen molar-refractivity contribution in [1.82, 2.24) is 0 Å². The molecule has 3 aromatic carbocycles. The second-order valence-corrected chi connectivity index (χ2v) is 7.17. The Hall–Kier alpha value is -4.32. The molecule has 0 fully saturated rings. The molecule has 0 aliphatic carbocycles. The third-order valence-corrected chi connectivity index (χ3v) is 4.95. The number of hydrogen-bond acceptors (Lipinski definition) is 5. The molecule has 1 heterocycles. The maximum absolute atomic E-state index is 13.3. The summed E-state index contributed by atoms with van der Waals surface area (Å²) in [4.78, 5) is 26.2. The summed E-state index contributed by atoms with van der Waals surface area (Å²) in [5.41, 5.74) is 1.69. The number of hydrogen-bond donors (Lipinski definition) is 1. The van der Waals surface area contributed by atoms with Crippen molar-refractivity contribution in [1.29, 1.82) is 0 Å². The molecule has 6 nitrogen and oxygen atoms in total. The third kappa shape index (κ3) is 4.80. The number of anilines is 1. The Kier molecular flexibility index (Phi) is 6.55. The summed E-state index contributed by atoms with van der Waals surface area (Å²) in [7, 11) is 0. The van der Waals surface area contributed by atoms with E-state index >= 15 is 0 Å². The van der Waals surface area contributed by atoms with Crippen molar-refractivity contribution in [2.75, 3.05) is 18.5 Å². The molecule has 1 N–H and O–H groups in total. The van der Waals surface area contributed by atoms with E-state index in [1.807, 2.05) is 19.1 Å². The number of para-hydroxylation sites is 1. The maximum Gasteiger partial charge on any atom is 0.255 e. The van der Waals surface area contributed by atoms with Gasteiger partial charge in [0.05, 0.1) is 12.3 Å². The van der Waals surface area contributed by atoms with Gasteiger partial charge in [0.1, 0.15) is 23.7 Å². The van der Waals surface area contributed by atoms with Crippen LogP contribution in [0.4, 0.5) is 5.69 Å². The standard InChI is InChI=1S/C27H23NO5/c1-3-17-32-21-15-11-19(12-16-21)27(30)28-24-22-7-5-6-8-23(22)33-26(24)25(29)18-9-13-20(14-10-18)31-4-2/h3,5-16H,1,4,17H2,2H3,(H,28,30). The van der Waals surface area contributed by atoms with Gasteiger partial charge in [-0.05, 0) is 67.6 Å². The predicted molar refractivity (Wildman–Crippen MR) is 127 cm³/mol. The van der Waals surface area contributed by atoms with E-state index in [2.05, 4.69) is 11.9 Å². The van der Waals surface area contributed by atoms with E-state index in [9.17, 15) is 9.59 Å². The lowest BCUT2D eigenvalue weighted by Crippen LogP contribution is -2.14. The summed E-state index contributed by atoms with van der Waals surface area (Å²) in [5, 5.41) is 3.50. The molecule has 0 unspecified atom stereocenters. The molecule has 33 heavy (non-hydrogen) atoms. The molecule has 0 saturated heterocycles. The van der Waals surface area contributed by atoms with Gasteiger partial charge >= 0.3 is 0 Å². The second kappa shape index (κ2) is 9.87. The normalized spacial score (nSPS) is 10.6. The van der Waals surface area contributed by atoms with Crippen LogP contribution in [0.2, 0.25) is 0 Å². The first-order valence-electron chi connectivity index (χ1n) is 10.5. The number of carbonyl (C=O) groups is 2. The van der Waals surface area contributed by atoms with Crippen molar-refractivity contribution in [2.24, 2.45) is 0 Å². The fraction of sp³-hybridized carbons (Fsp3) is 0.111. The highest BCUT2D eigenvalue weighted by Crippen LogP contribution is 2.33. The lowest BCUT2D eigenvalue weighted by Gasteiger charge is -2.08. The first-order valence-corrected chi connectivity index (χ1v) is 10.5. The molecule has 166 valence electrons. The van der Waals surface area contributed by atoms with Gasteiger partial charge < -0.3 is 19.2 Å². The molecule has 4 rings (SSSR count). The van der Waals surface area contributed by atoms with Gasteiger partial charge in [-0.1, -0.05) is 24.8 Å². The van der Waals surface area contributed by atoms with Crippen LogP contribution >= 0.6 is 0 Å². The predicted octanol–water partition coefficient (Wildman–Crippen LogP) is 5.88. The van der Waals surface area contributed by atoms with Crippen molar-refractivity contribution in [2.45, 2.75) is 6.92 Å². The van der Waals surface area contributed by atoms with Gasteiger partial charge in [-0.25, -0.2) is 0 Å². The molecule has 1 aromatic heterocycles. The minimum atomic E-state index is -0.363. The lowest BCUT2D eigenvalue weighted by molar-refractivity contribution is 0.101. The van der Waals surface area contributed by atoms with Gasteiger partial charge in [0.2, 0.25) is 5.78 Å². The summed E-state index contributed by atoms with van der Waals surface area (Å²) in [6.07, 6.45) is 1.65. The van der Waals surface area contributed by atoms with Gasteiger partial charge in [-0.2, -0.15) is 0 Å². The van der Waals surface area contributed by atoms with Crippen LogP contribution in [0.25, 0.3) is 11.0 Å². The summed E-state index contributed by atoms with van der Waals surface area (Å²) in [6, 6.07) is 20.7. The first-order chi connectivity index (χ1) is 16.1. The highest BCUT2D eigenvalue weighted by molar-refractivity contribution is 6.18. The van der Waals surface area contributed by atoms with Crippen LogP contribution in [0.3, 0.4) is 0 Å². The molecule has 4 aromatic rings. The molecular formula is C27H23NO5. The highest BCUT2D eigenvalue weighted by Gasteiger charge is 2.24. The fourth-order valence-electron chi connectivity index (χ4n) is 3.37. The number of rotatable bonds is 9. The Balaban J connectivity index is 1.64. The van der Waals surface area contributed by atoms with Crippen LogP contribution in [0.15, 0.2) is 89.9 Å². The van der Waals surface area contributed by atoms with E-state index in [0.29, 0.717) is 52.5 Å².